The third-order valence-corrected chi connectivity index (χ3v) is 6.57. The fraction of sp³-hybridized carbons (Fsp3) is 0.269. The number of aromatic nitrogens is 1. The van der Waals surface area contributed by atoms with Crippen molar-refractivity contribution in [1.82, 2.24) is 4.57 Å². The van der Waals surface area contributed by atoms with Crippen LogP contribution in [-0.2, 0) is 9.53 Å². The highest BCUT2D eigenvalue weighted by Crippen LogP contribution is 2.38. The first-order valence-electron chi connectivity index (χ1n) is 11.3. The van der Waals surface area contributed by atoms with E-state index < -0.39 is 35.0 Å². The Morgan fingerprint density at radius 1 is 1.16 bits per heavy atom. The van der Waals surface area contributed by atoms with Crippen molar-refractivity contribution < 1.29 is 27.4 Å². The van der Waals surface area contributed by atoms with Crippen molar-refractivity contribution in [2.24, 2.45) is 4.99 Å². The van der Waals surface area contributed by atoms with Crippen LogP contribution in [0.1, 0.15) is 37.9 Å². The zero-order chi connectivity index (χ0) is 26.9. The van der Waals surface area contributed by atoms with Crippen LogP contribution in [0.3, 0.4) is 0 Å². The summed E-state index contributed by atoms with van der Waals surface area (Å²) in [7, 11) is 0. The largest absolute Gasteiger partial charge is 0.491 e. The normalized spacial score (nSPS) is 16.0. The Morgan fingerprint density at radius 3 is 2.38 bits per heavy atom. The second kappa shape index (κ2) is 10.5. The molecule has 3 aromatic rings. The highest BCUT2D eigenvalue weighted by atomic mass is 35.5. The van der Waals surface area contributed by atoms with Crippen molar-refractivity contribution in [1.29, 1.82) is 0 Å². The van der Waals surface area contributed by atoms with E-state index in [0.717, 1.165) is 15.9 Å². The van der Waals surface area contributed by atoms with E-state index in [4.69, 9.17) is 21.1 Å². The standard InChI is InChI=1S/C26H22ClF3N2O4S/c1-4-35-24(34)20-21(16-7-9-17(27)10-8-16)32-23(33)19(37-25(32)31-22(20)26(28,29)30)13-15-5-11-18(12-6-15)36-14(2)3/h5-14,21H,4H2,1-3H3/b19-13-/t21-/m0/s1. The molecular formula is C26H22ClF3N2O4S. The maximum absolute atomic E-state index is 14.1. The molecule has 4 rings (SSSR count). The van der Waals surface area contributed by atoms with Gasteiger partial charge in [0.1, 0.15) is 5.75 Å². The van der Waals surface area contributed by atoms with Gasteiger partial charge in [-0.3, -0.25) is 9.36 Å². The van der Waals surface area contributed by atoms with Gasteiger partial charge >= 0.3 is 12.1 Å². The van der Waals surface area contributed by atoms with E-state index in [-0.39, 0.29) is 27.6 Å². The number of hydrogen-bond acceptors (Lipinski definition) is 6. The van der Waals surface area contributed by atoms with Crippen LogP contribution in [0.2, 0.25) is 5.02 Å². The second-order valence-electron chi connectivity index (χ2n) is 8.35. The topological polar surface area (TPSA) is 69.9 Å². The van der Waals surface area contributed by atoms with Crippen LogP contribution in [0.5, 0.6) is 5.75 Å². The number of hydrogen-bond donors (Lipinski definition) is 0. The molecule has 0 spiro atoms. The minimum Gasteiger partial charge on any atom is -0.491 e. The third kappa shape index (κ3) is 5.65. The molecule has 0 radical (unpaired) electrons. The molecule has 6 nitrogen and oxygen atoms in total. The van der Waals surface area contributed by atoms with Gasteiger partial charge < -0.3 is 9.47 Å². The molecule has 1 aromatic heterocycles. The highest BCUT2D eigenvalue weighted by Gasteiger charge is 2.45. The SMILES string of the molecule is CCOC(=O)C1=C(C(F)(F)F)N=c2s/c(=C\c3ccc(OC(C)C)cc3)c(=O)n2[C@H]1c1ccc(Cl)cc1. The number of esters is 1. The fourth-order valence-corrected chi connectivity index (χ4v) is 4.99. The lowest BCUT2D eigenvalue weighted by molar-refractivity contribution is -0.140. The Kier molecular flexibility index (Phi) is 7.61. The summed E-state index contributed by atoms with van der Waals surface area (Å²) in [6.07, 6.45) is -3.42. The van der Waals surface area contributed by atoms with Crippen LogP contribution >= 0.6 is 22.9 Å². The average Bonchev–Trinajstić information content (AvgIpc) is 3.14. The number of nitrogens with zero attached hydrogens (tertiary/aromatic N) is 2. The number of halogens is 4. The number of ether oxygens (including phenoxy) is 2. The van der Waals surface area contributed by atoms with Crippen LogP contribution in [0.15, 0.2) is 69.6 Å². The van der Waals surface area contributed by atoms with E-state index in [2.05, 4.69) is 4.99 Å². The molecule has 2 heterocycles. The number of rotatable bonds is 6. The highest BCUT2D eigenvalue weighted by molar-refractivity contribution is 7.07. The molecule has 37 heavy (non-hydrogen) atoms. The summed E-state index contributed by atoms with van der Waals surface area (Å²) in [6, 6.07) is 11.4. The molecule has 1 atom stereocenters. The second-order valence-corrected chi connectivity index (χ2v) is 9.80. The minimum absolute atomic E-state index is 0.0150. The van der Waals surface area contributed by atoms with Gasteiger partial charge in [0.2, 0.25) is 0 Å². The predicted octanol–water partition coefficient (Wildman–Crippen LogP) is 4.78. The van der Waals surface area contributed by atoms with Gasteiger partial charge in [-0.15, -0.1) is 0 Å². The van der Waals surface area contributed by atoms with Gasteiger partial charge in [-0.2, -0.15) is 13.2 Å². The van der Waals surface area contributed by atoms with Gasteiger partial charge in [0.25, 0.3) is 5.56 Å². The first kappa shape index (κ1) is 26.7. The van der Waals surface area contributed by atoms with E-state index >= 15 is 0 Å². The molecule has 0 saturated heterocycles. The molecule has 11 heteroatoms. The molecule has 0 N–H and O–H groups in total. The summed E-state index contributed by atoms with van der Waals surface area (Å²) in [6.45, 7) is 5.12. The predicted molar refractivity (Wildman–Crippen MR) is 134 cm³/mol. The van der Waals surface area contributed by atoms with Crippen molar-refractivity contribution in [3.05, 3.63) is 95.6 Å². The Labute approximate surface area is 218 Å². The number of carbonyl (C=O) groups excluding carboxylic acids is 1. The summed E-state index contributed by atoms with van der Waals surface area (Å²) in [5, 5.41) is 0.346. The number of fused-ring (bicyclic) bond motifs is 1. The first-order chi connectivity index (χ1) is 17.5. The smallest absolute Gasteiger partial charge is 0.434 e. The van der Waals surface area contributed by atoms with Crippen LogP contribution in [-0.4, -0.2) is 29.4 Å². The number of carbonyl (C=O) groups is 1. The summed E-state index contributed by atoms with van der Waals surface area (Å²) >= 11 is 6.79. The Hall–Kier alpha value is -3.37. The lowest BCUT2D eigenvalue weighted by Gasteiger charge is -2.26. The zero-order valence-electron chi connectivity index (χ0n) is 20.0. The van der Waals surface area contributed by atoms with E-state index in [1.165, 1.54) is 31.2 Å². The molecule has 0 saturated carbocycles. The van der Waals surface area contributed by atoms with Crippen LogP contribution < -0.4 is 19.6 Å². The molecule has 2 aromatic carbocycles. The van der Waals surface area contributed by atoms with Crippen molar-refractivity contribution in [2.75, 3.05) is 6.61 Å². The van der Waals surface area contributed by atoms with E-state index in [1.807, 2.05) is 13.8 Å². The average molecular weight is 551 g/mol. The summed E-state index contributed by atoms with van der Waals surface area (Å²) in [4.78, 5) is 29.9. The summed E-state index contributed by atoms with van der Waals surface area (Å²) in [5.41, 5.74) is -1.84. The van der Waals surface area contributed by atoms with Gasteiger partial charge in [0.05, 0.1) is 28.9 Å². The van der Waals surface area contributed by atoms with Gasteiger partial charge in [-0.1, -0.05) is 47.2 Å². The van der Waals surface area contributed by atoms with Gasteiger partial charge in [0, 0.05) is 5.02 Å². The molecule has 0 amide bonds. The van der Waals surface area contributed by atoms with E-state index in [9.17, 15) is 22.8 Å². The van der Waals surface area contributed by atoms with Gasteiger partial charge in [-0.25, -0.2) is 9.79 Å². The lowest BCUT2D eigenvalue weighted by Crippen LogP contribution is -2.41. The van der Waals surface area contributed by atoms with Gasteiger partial charge in [-0.05, 0) is 62.2 Å². The van der Waals surface area contributed by atoms with Crippen LogP contribution in [0.4, 0.5) is 13.2 Å². The van der Waals surface area contributed by atoms with E-state index in [1.54, 1.807) is 30.3 Å². The molecule has 0 fully saturated rings. The van der Waals surface area contributed by atoms with Crippen LogP contribution in [0.25, 0.3) is 6.08 Å². The molecule has 194 valence electrons. The van der Waals surface area contributed by atoms with Crippen LogP contribution in [0, 0.1) is 0 Å². The molecular weight excluding hydrogens is 529 g/mol. The maximum atomic E-state index is 14.1. The van der Waals surface area contributed by atoms with Crippen molar-refractivity contribution >= 4 is 35.0 Å². The Morgan fingerprint density at radius 2 is 1.81 bits per heavy atom. The van der Waals surface area contributed by atoms with Crippen molar-refractivity contribution in [3.63, 3.8) is 0 Å². The zero-order valence-corrected chi connectivity index (χ0v) is 21.6. The van der Waals surface area contributed by atoms with Gasteiger partial charge in [0.15, 0.2) is 10.5 Å². The molecule has 0 bridgehead atoms. The maximum Gasteiger partial charge on any atom is 0.434 e. The number of benzene rings is 2. The summed E-state index contributed by atoms with van der Waals surface area (Å²) < 4.78 is 54.2. The minimum atomic E-state index is -4.96. The van der Waals surface area contributed by atoms with Crippen molar-refractivity contribution in [2.45, 2.75) is 39.1 Å². The number of thiazole rings is 1. The third-order valence-electron chi connectivity index (χ3n) is 5.33. The number of allylic oxidation sites excluding steroid dienone is 1. The monoisotopic (exact) mass is 550 g/mol. The molecule has 0 unspecified atom stereocenters. The Bertz CT molecular complexity index is 1520. The fourth-order valence-electron chi connectivity index (χ4n) is 3.87. The summed E-state index contributed by atoms with van der Waals surface area (Å²) in [5.74, 6) is -0.557. The Balaban J connectivity index is 1.95. The molecule has 1 aliphatic heterocycles. The quantitative estimate of drug-likeness (QED) is 0.414. The van der Waals surface area contributed by atoms with E-state index in [0.29, 0.717) is 16.3 Å². The first-order valence-corrected chi connectivity index (χ1v) is 12.5. The molecule has 1 aliphatic rings. The van der Waals surface area contributed by atoms with Crippen molar-refractivity contribution in [3.8, 4) is 5.75 Å². The lowest BCUT2D eigenvalue weighted by atomic mass is 9.95. The number of alkyl halides is 3. The molecule has 0 aliphatic carbocycles.